The van der Waals surface area contributed by atoms with Crippen LogP contribution in [0.25, 0.3) is 22.0 Å². The molecule has 34 heavy (non-hydrogen) atoms. The first kappa shape index (κ1) is 22.0. The van der Waals surface area contributed by atoms with Crippen molar-refractivity contribution in [1.82, 2.24) is 25.1 Å². The number of H-pyrrole nitrogens is 1. The highest BCUT2D eigenvalue weighted by molar-refractivity contribution is 6.11. The second-order valence-electron chi connectivity index (χ2n) is 9.00. The van der Waals surface area contributed by atoms with E-state index < -0.39 is 0 Å². The Hall–Kier alpha value is -3.78. The fourth-order valence-corrected chi connectivity index (χ4v) is 4.39. The van der Waals surface area contributed by atoms with Crippen LogP contribution < -0.4 is 10.2 Å². The van der Waals surface area contributed by atoms with Gasteiger partial charge in [-0.25, -0.2) is 4.98 Å². The molecular weight excluding hydrogens is 426 g/mol. The molecule has 4 aromatic rings. The lowest BCUT2D eigenvalue weighted by Gasteiger charge is -2.26. The van der Waals surface area contributed by atoms with E-state index in [1.807, 2.05) is 61.7 Å². The molecule has 1 fully saturated rings. The number of hydrogen-bond donors (Lipinski definition) is 2. The molecule has 0 saturated carbocycles. The Balaban J connectivity index is 1.37. The van der Waals surface area contributed by atoms with Gasteiger partial charge in [0, 0.05) is 44.0 Å². The highest BCUT2D eigenvalue weighted by Gasteiger charge is 2.16. The van der Waals surface area contributed by atoms with Gasteiger partial charge in [-0.15, -0.1) is 0 Å². The standard InChI is InChI=1S/C26H29N7O/c1-32(2)24-9-7-21(16-28-24)29-26(34)25-22-13-19(6-8-23(22)30-31-25)20-12-18(14-27-15-20)17-33-10-4-3-5-11-33/h6-9,12-16H,3-5,10-11,17H2,1-2H3,(H,29,34)(H,30,31). The summed E-state index contributed by atoms with van der Waals surface area (Å²) >= 11 is 0. The molecule has 1 aliphatic rings. The van der Waals surface area contributed by atoms with Crippen LogP contribution in [-0.2, 0) is 6.54 Å². The predicted molar refractivity (Wildman–Crippen MR) is 135 cm³/mol. The molecule has 8 nitrogen and oxygen atoms in total. The van der Waals surface area contributed by atoms with Crippen LogP contribution in [0.5, 0.6) is 0 Å². The Morgan fingerprint density at radius 2 is 1.88 bits per heavy atom. The van der Waals surface area contributed by atoms with E-state index in [1.165, 1.54) is 24.8 Å². The highest BCUT2D eigenvalue weighted by Crippen LogP contribution is 2.27. The van der Waals surface area contributed by atoms with Crippen LogP contribution in [0.4, 0.5) is 11.5 Å². The number of nitrogens with zero attached hydrogens (tertiary/aromatic N) is 5. The van der Waals surface area contributed by atoms with E-state index in [0.29, 0.717) is 11.4 Å². The molecule has 5 rings (SSSR count). The predicted octanol–water partition coefficient (Wildman–Crippen LogP) is 4.32. The topological polar surface area (TPSA) is 90.0 Å². The van der Waals surface area contributed by atoms with Crippen molar-refractivity contribution in [2.24, 2.45) is 0 Å². The molecule has 0 unspecified atom stereocenters. The van der Waals surface area contributed by atoms with Gasteiger partial charge in [0.05, 0.1) is 17.4 Å². The summed E-state index contributed by atoms with van der Waals surface area (Å²) in [5.74, 6) is 0.545. The highest BCUT2D eigenvalue weighted by atomic mass is 16.1. The van der Waals surface area contributed by atoms with Crippen molar-refractivity contribution in [3.8, 4) is 11.1 Å². The van der Waals surface area contributed by atoms with Crippen molar-refractivity contribution >= 4 is 28.3 Å². The fraction of sp³-hybridized carbons (Fsp3) is 0.308. The summed E-state index contributed by atoms with van der Waals surface area (Å²) in [6, 6.07) is 11.9. The lowest BCUT2D eigenvalue weighted by atomic mass is 10.0. The maximum atomic E-state index is 13.0. The van der Waals surface area contributed by atoms with Gasteiger partial charge in [-0.1, -0.05) is 12.5 Å². The molecule has 4 heterocycles. The maximum absolute atomic E-state index is 13.0. The zero-order valence-corrected chi connectivity index (χ0v) is 19.6. The lowest BCUT2D eigenvalue weighted by Crippen LogP contribution is -2.29. The summed E-state index contributed by atoms with van der Waals surface area (Å²) in [6.07, 6.45) is 9.33. The fourth-order valence-electron chi connectivity index (χ4n) is 4.39. The molecule has 174 valence electrons. The van der Waals surface area contributed by atoms with Crippen molar-refractivity contribution in [3.63, 3.8) is 0 Å². The molecule has 0 bridgehead atoms. The van der Waals surface area contributed by atoms with E-state index in [4.69, 9.17) is 0 Å². The number of pyridine rings is 2. The molecule has 1 amide bonds. The van der Waals surface area contributed by atoms with Crippen LogP contribution in [-0.4, -0.2) is 58.2 Å². The Morgan fingerprint density at radius 3 is 2.65 bits per heavy atom. The number of carbonyl (C=O) groups excluding carboxylic acids is 1. The second-order valence-corrected chi connectivity index (χ2v) is 9.00. The number of rotatable bonds is 6. The molecule has 0 aliphatic carbocycles. The third kappa shape index (κ3) is 4.77. The van der Waals surface area contributed by atoms with E-state index in [0.717, 1.165) is 47.5 Å². The maximum Gasteiger partial charge on any atom is 0.276 e. The van der Waals surface area contributed by atoms with E-state index in [-0.39, 0.29) is 5.91 Å². The number of likely N-dealkylation sites (tertiary alicyclic amines) is 1. The summed E-state index contributed by atoms with van der Waals surface area (Å²) in [5, 5.41) is 10.9. The molecule has 1 aliphatic heterocycles. The first-order valence-corrected chi connectivity index (χ1v) is 11.7. The second kappa shape index (κ2) is 9.61. The monoisotopic (exact) mass is 455 g/mol. The van der Waals surface area contributed by atoms with E-state index >= 15 is 0 Å². The number of hydrogen-bond acceptors (Lipinski definition) is 6. The summed E-state index contributed by atoms with van der Waals surface area (Å²) in [5.41, 5.74) is 5.04. The number of amides is 1. The normalized spacial score (nSPS) is 14.3. The Labute approximate surface area is 199 Å². The van der Waals surface area contributed by atoms with Crippen LogP contribution >= 0.6 is 0 Å². The number of piperidine rings is 1. The molecule has 8 heteroatoms. The van der Waals surface area contributed by atoms with Crippen molar-refractivity contribution < 1.29 is 4.79 Å². The third-order valence-electron chi connectivity index (χ3n) is 6.22. The van der Waals surface area contributed by atoms with Crippen LogP contribution in [0.15, 0.2) is 55.0 Å². The average molecular weight is 456 g/mol. The van der Waals surface area contributed by atoms with Crippen LogP contribution in [0, 0.1) is 0 Å². The molecule has 2 N–H and O–H groups in total. The Kier molecular flexibility index (Phi) is 6.22. The number of carbonyl (C=O) groups is 1. The number of aromatic amines is 1. The van der Waals surface area contributed by atoms with Gasteiger partial charge in [0.15, 0.2) is 5.69 Å². The molecule has 0 spiro atoms. The van der Waals surface area contributed by atoms with Gasteiger partial charge in [-0.3, -0.25) is 19.8 Å². The van der Waals surface area contributed by atoms with Crippen LogP contribution in [0.2, 0.25) is 0 Å². The molecule has 1 aromatic carbocycles. The first-order chi connectivity index (χ1) is 16.6. The Morgan fingerprint density at radius 1 is 1.03 bits per heavy atom. The summed E-state index contributed by atoms with van der Waals surface area (Å²) in [6.45, 7) is 3.22. The minimum Gasteiger partial charge on any atom is -0.363 e. The number of anilines is 2. The van der Waals surface area contributed by atoms with Gasteiger partial charge in [0.25, 0.3) is 5.91 Å². The van der Waals surface area contributed by atoms with Gasteiger partial charge >= 0.3 is 0 Å². The SMILES string of the molecule is CN(C)c1ccc(NC(=O)c2n[nH]c3ccc(-c4cncc(CN5CCCCC5)c4)cc23)cn1. The van der Waals surface area contributed by atoms with Gasteiger partial charge < -0.3 is 10.2 Å². The van der Waals surface area contributed by atoms with Crippen molar-refractivity contribution in [1.29, 1.82) is 0 Å². The van der Waals surface area contributed by atoms with E-state index in [2.05, 4.69) is 36.4 Å². The van der Waals surface area contributed by atoms with Crippen molar-refractivity contribution in [2.75, 3.05) is 37.4 Å². The van der Waals surface area contributed by atoms with E-state index in [1.54, 1.807) is 6.20 Å². The molecule has 1 saturated heterocycles. The molecular formula is C26H29N7O. The zero-order chi connectivity index (χ0) is 23.5. The van der Waals surface area contributed by atoms with Gasteiger partial charge in [-0.2, -0.15) is 5.10 Å². The minimum absolute atomic E-state index is 0.278. The first-order valence-electron chi connectivity index (χ1n) is 11.7. The van der Waals surface area contributed by atoms with Crippen LogP contribution in [0.1, 0.15) is 35.3 Å². The van der Waals surface area contributed by atoms with Crippen LogP contribution in [0.3, 0.4) is 0 Å². The summed E-state index contributed by atoms with van der Waals surface area (Å²) < 4.78 is 0. The number of benzene rings is 1. The quantitative estimate of drug-likeness (QED) is 0.450. The van der Waals surface area contributed by atoms with Gasteiger partial charge in [0.2, 0.25) is 0 Å². The molecule has 3 aromatic heterocycles. The number of nitrogens with one attached hydrogen (secondary N) is 2. The largest absolute Gasteiger partial charge is 0.363 e. The smallest absolute Gasteiger partial charge is 0.276 e. The zero-order valence-electron chi connectivity index (χ0n) is 19.6. The van der Waals surface area contributed by atoms with Crippen molar-refractivity contribution in [2.45, 2.75) is 25.8 Å². The summed E-state index contributed by atoms with van der Waals surface area (Å²) in [4.78, 5) is 26.2. The van der Waals surface area contributed by atoms with Gasteiger partial charge in [-0.05, 0) is 67.4 Å². The third-order valence-corrected chi connectivity index (χ3v) is 6.22. The van der Waals surface area contributed by atoms with E-state index in [9.17, 15) is 4.79 Å². The summed E-state index contributed by atoms with van der Waals surface area (Å²) in [7, 11) is 3.85. The number of fused-ring (bicyclic) bond motifs is 1. The minimum atomic E-state index is -0.278. The lowest BCUT2D eigenvalue weighted by molar-refractivity contribution is 0.102. The number of aromatic nitrogens is 4. The molecule has 0 atom stereocenters. The van der Waals surface area contributed by atoms with Gasteiger partial charge in [0.1, 0.15) is 5.82 Å². The van der Waals surface area contributed by atoms with Crippen molar-refractivity contribution in [3.05, 3.63) is 66.2 Å². The Bertz CT molecular complexity index is 1290. The molecule has 0 radical (unpaired) electrons. The average Bonchev–Trinajstić information content (AvgIpc) is 3.29.